The van der Waals surface area contributed by atoms with E-state index in [0.29, 0.717) is 13.0 Å². The molecule has 2 amide bonds. The van der Waals surface area contributed by atoms with Gasteiger partial charge in [-0.2, -0.15) is 0 Å². The monoisotopic (exact) mass is 418 g/mol. The molecule has 3 aliphatic rings. The number of benzene rings is 1. The SMILES string of the molecule is CN1[C@@H](CCC(=O)N2CCCC2)CNC(=O)[C@@H]2[C@H]1CCN2Cc1cccc(Cl)c1. The lowest BCUT2D eigenvalue weighted by Crippen LogP contribution is -2.49. The van der Waals surface area contributed by atoms with Crippen molar-refractivity contribution in [2.45, 2.75) is 56.8 Å². The van der Waals surface area contributed by atoms with Gasteiger partial charge in [0.2, 0.25) is 11.8 Å². The minimum absolute atomic E-state index is 0.106. The quantitative estimate of drug-likeness (QED) is 0.795. The summed E-state index contributed by atoms with van der Waals surface area (Å²) < 4.78 is 0. The van der Waals surface area contributed by atoms with Crippen molar-refractivity contribution in [2.75, 3.05) is 33.2 Å². The minimum Gasteiger partial charge on any atom is -0.353 e. The highest BCUT2D eigenvalue weighted by molar-refractivity contribution is 6.30. The molecule has 3 saturated heterocycles. The number of carbonyl (C=O) groups excluding carboxylic acids is 2. The summed E-state index contributed by atoms with van der Waals surface area (Å²) in [6.07, 6.45) is 4.57. The molecule has 0 aliphatic carbocycles. The van der Waals surface area contributed by atoms with Crippen LogP contribution in [0, 0.1) is 0 Å². The van der Waals surface area contributed by atoms with E-state index in [0.717, 1.165) is 62.4 Å². The summed E-state index contributed by atoms with van der Waals surface area (Å²) in [5.41, 5.74) is 1.13. The van der Waals surface area contributed by atoms with Gasteiger partial charge in [0.05, 0.1) is 0 Å². The zero-order valence-electron chi connectivity index (χ0n) is 17.1. The van der Waals surface area contributed by atoms with E-state index in [2.05, 4.69) is 28.2 Å². The maximum Gasteiger partial charge on any atom is 0.239 e. The van der Waals surface area contributed by atoms with Gasteiger partial charge in [0, 0.05) is 56.3 Å². The number of halogens is 1. The maximum atomic E-state index is 12.9. The van der Waals surface area contributed by atoms with Gasteiger partial charge < -0.3 is 10.2 Å². The molecule has 3 aliphatic heterocycles. The molecule has 0 saturated carbocycles. The molecular weight excluding hydrogens is 388 g/mol. The fourth-order valence-electron chi connectivity index (χ4n) is 5.11. The van der Waals surface area contributed by atoms with Crippen LogP contribution in [0.1, 0.15) is 37.7 Å². The first-order chi connectivity index (χ1) is 14.0. The number of amides is 2. The first-order valence-corrected chi connectivity index (χ1v) is 11.2. The van der Waals surface area contributed by atoms with Gasteiger partial charge in [0.15, 0.2) is 0 Å². The molecule has 1 N–H and O–H groups in total. The van der Waals surface area contributed by atoms with Gasteiger partial charge in [0.1, 0.15) is 6.04 Å². The van der Waals surface area contributed by atoms with Crippen LogP contribution in [0.15, 0.2) is 24.3 Å². The second kappa shape index (κ2) is 9.02. The van der Waals surface area contributed by atoms with Gasteiger partial charge in [-0.05, 0) is 50.4 Å². The largest absolute Gasteiger partial charge is 0.353 e. The molecule has 4 rings (SSSR count). The lowest BCUT2D eigenvalue weighted by Gasteiger charge is -2.33. The van der Waals surface area contributed by atoms with E-state index in [4.69, 9.17) is 11.6 Å². The van der Waals surface area contributed by atoms with E-state index in [1.807, 2.05) is 23.1 Å². The van der Waals surface area contributed by atoms with Crippen molar-refractivity contribution in [3.05, 3.63) is 34.9 Å². The van der Waals surface area contributed by atoms with Crippen LogP contribution >= 0.6 is 11.6 Å². The van der Waals surface area contributed by atoms with Crippen molar-refractivity contribution in [1.82, 2.24) is 20.0 Å². The Hall–Kier alpha value is -1.63. The van der Waals surface area contributed by atoms with Crippen LogP contribution in [0.25, 0.3) is 0 Å². The Morgan fingerprint density at radius 3 is 2.79 bits per heavy atom. The summed E-state index contributed by atoms with van der Waals surface area (Å²) in [5, 5.41) is 3.87. The van der Waals surface area contributed by atoms with Crippen LogP contribution in [-0.2, 0) is 16.1 Å². The van der Waals surface area contributed by atoms with Crippen molar-refractivity contribution < 1.29 is 9.59 Å². The summed E-state index contributed by atoms with van der Waals surface area (Å²) in [4.78, 5) is 32.0. The van der Waals surface area contributed by atoms with Crippen molar-refractivity contribution >= 4 is 23.4 Å². The Labute approximate surface area is 178 Å². The van der Waals surface area contributed by atoms with Crippen LogP contribution in [0.5, 0.6) is 0 Å². The molecule has 0 spiro atoms. The Kier molecular flexibility index (Phi) is 6.42. The highest BCUT2D eigenvalue weighted by atomic mass is 35.5. The summed E-state index contributed by atoms with van der Waals surface area (Å²) >= 11 is 6.14. The Balaban J connectivity index is 1.40. The molecule has 3 atom stereocenters. The average molecular weight is 419 g/mol. The highest BCUT2D eigenvalue weighted by Gasteiger charge is 2.44. The van der Waals surface area contributed by atoms with Gasteiger partial charge in [-0.15, -0.1) is 0 Å². The predicted octanol–water partition coefficient (Wildman–Crippen LogP) is 2.12. The predicted molar refractivity (Wildman–Crippen MR) is 114 cm³/mol. The molecule has 158 valence electrons. The van der Waals surface area contributed by atoms with Crippen molar-refractivity contribution in [2.24, 2.45) is 0 Å². The molecule has 6 nitrogen and oxygen atoms in total. The topological polar surface area (TPSA) is 55.9 Å². The zero-order valence-corrected chi connectivity index (χ0v) is 17.9. The van der Waals surface area contributed by atoms with Crippen molar-refractivity contribution in [3.8, 4) is 0 Å². The third-order valence-electron chi connectivity index (χ3n) is 6.77. The van der Waals surface area contributed by atoms with Crippen LogP contribution in [0.4, 0.5) is 0 Å². The molecule has 0 aromatic heterocycles. The molecule has 3 fully saturated rings. The normalized spacial score (nSPS) is 28.3. The van der Waals surface area contributed by atoms with E-state index >= 15 is 0 Å². The fraction of sp³-hybridized carbons (Fsp3) is 0.636. The van der Waals surface area contributed by atoms with Gasteiger partial charge in [-0.1, -0.05) is 23.7 Å². The van der Waals surface area contributed by atoms with E-state index in [9.17, 15) is 9.59 Å². The van der Waals surface area contributed by atoms with E-state index < -0.39 is 0 Å². The van der Waals surface area contributed by atoms with Gasteiger partial charge in [-0.25, -0.2) is 0 Å². The molecule has 3 heterocycles. The van der Waals surface area contributed by atoms with Crippen LogP contribution < -0.4 is 5.32 Å². The minimum atomic E-state index is -0.154. The van der Waals surface area contributed by atoms with E-state index in [1.54, 1.807) is 0 Å². The van der Waals surface area contributed by atoms with Gasteiger partial charge in [0.25, 0.3) is 0 Å². The molecule has 1 aromatic rings. The fourth-order valence-corrected chi connectivity index (χ4v) is 5.32. The molecule has 0 radical (unpaired) electrons. The number of rotatable bonds is 5. The number of nitrogens with zero attached hydrogens (tertiary/aromatic N) is 3. The molecule has 7 heteroatoms. The van der Waals surface area contributed by atoms with Gasteiger partial charge >= 0.3 is 0 Å². The summed E-state index contributed by atoms with van der Waals surface area (Å²) in [6.45, 7) is 4.03. The Morgan fingerprint density at radius 1 is 1.24 bits per heavy atom. The third-order valence-corrected chi connectivity index (χ3v) is 7.01. The summed E-state index contributed by atoms with van der Waals surface area (Å²) in [5.74, 6) is 0.367. The number of hydrogen-bond donors (Lipinski definition) is 1. The standard InChI is InChI=1S/C22H31ClN4O2/c1-25-18(7-8-20(28)26-10-2-3-11-26)14-24-22(29)21-19(25)9-12-27(21)15-16-5-4-6-17(23)13-16/h4-6,13,18-19,21H,2-3,7-12,14-15H2,1H3,(H,24,29)/t18-,19+,21-/m0/s1. The zero-order chi connectivity index (χ0) is 20.4. The molecular formula is C22H31ClN4O2. The maximum absolute atomic E-state index is 12.9. The molecule has 0 unspecified atom stereocenters. The van der Waals surface area contributed by atoms with Crippen LogP contribution in [0.3, 0.4) is 0 Å². The Morgan fingerprint density at radius 2 is 2.03 bits per heavy atom. The number of likely N-dealkylation sites (N-methyl/N-ethyl adjacent to an activating group) is 1. The number of likely N-dealkylation sites (tertiary alicyclic amines) is 2. The number of hydrogen-bond acceptors (Lipinski definition) is 4. The van der Waals surface area contributed by atoms with E-state index in [-0.39, 0.29) is 29.9 Å². The van der Waals surface area contributed by atoms with Crippen LogP contribution in [0.2, 0.25) is 5.02 Å². The first kappa shape index (κ1) is 20.6. The molecule has 1 aromatic carbocycles. The van der Waals surface area contributed by atoms with E-state index in [1.165, 1.54) is 0 Å². The first-order valence-electron chi connectivity index (χ1n) is 10.8. The van der Waals surface area contributed by atoms with Crippen LogP contribution in [-0.4, -0.2) is 77.9 Å². The molecule has 29 heavy (non-hydrogen) atoms. The second-order valence-corrected chi connectivity index (χ2v) is 9.03. The Bertz CT molecular complexity index is 752. The number of fused-ring (bicyclic) bond motifs is 1. The highest BCUT2D eigenvalue weighted by Crippen LogP contribution is 2.29. The van der Waals surface area contributed by atoms with Crippen molar-refractivity contribution in [1.29, 1.82) is 0 Å². The number of nitrogens with one attached hydrogen (secondary N) is 1. The smallest absolute Gasteiger partial charge is 0.239 e. The lowest BCUT2D eigenvalue weighted by molar-refractivity contribution is -0.130. The van der Waals surface area contributed by atoms with Crippen molar-refractivity contribution in [3.63, 3.8) is 0 Å². The summed E-state index contributed by atoms with van der Waals surface area (Å²) in [7, 11) is 2.12. The number of carbonyl (C=O) groups is 2. The third kappa shape index (κ3) is 4.60. The van der Waals surface area contributed by atoms with Gasteiger partial charge in [-0.3, -0.25) is 19.4 Å². The average Bonchev–Trinajstić information content (AvgIpc) is 3.35. The second-order valence-electron chi connectivity index (χ2n) is 8.59. The lowest BCUT2D eigenvalue weighted by atomic mass is 10.0. The molecule has 0 bridgehead atoms. The summed E-state index contributed by atoms with van der Waals surface area (Å²) in [6, 6.07) is 8.09.